The number of benzene rings is 2. The molecule has 2 aromatic rings. The first-order valence-corrected chi connectivity index (χ1v) is 10.6. The summed E-state index contributed by atoms with van der Waals surface area (Å²) in [6.07, 6.45) is 0. The number of carbonyl (C=O) groups is 1. The van der Waals surface area contributed by atoms with Crippen LogP contribution in [0.25, 0.3) is 0 Å². The maximum absolute atomic E-state index is 12.5. The van der Waals surface area contributed by atoms with Crippen molar-refractivity contribution in [2.75, 3.05) is 14.2 Å². The second kappa shape index (κ2) is 9.98. The number of allylic oxidation sites excluding steroid dienone is 2. The third kappa shape index (κ3) is 4.69. The van der Waals surface area contributed by atoms with Gasteiger partial charge in [0.1, 0.15) is 35.5 Å². The third-order valence-corrected chi connectivity index (χ3v) is 5.78. The fraction of sp³-hybridized carbons (Fsp3) is 0.217. The van der Waals surface area contributed by atoms with E-state index in [-0.39, 0.29) is 29.4 Å². The number of carbonyl (C=O) groups excluding carboxylic acids is 1. The van der Waals surface area contributed by atoms with Crippen LogP contribution >= 0.6 is 27.5 Å². The highest BCUT2D eigenvalue weighted by atomic mass is 79.9. The first kappa shape index (κ1) is 23.5. The minimum Gasteiger partial charge on any atom is -0.496 e. The number of nitrogens with zero attached hydrogens (tertiary/aromatic N) is 1. The molecule has 2 N–H and O–H groups in total. The Morgan fingerprint density at radius 2 is 1.97 bits per heavy atom. The normalized spacial score (nSPS) is 15.7. The Morgan fingerprint density at radius 3 is 2.59 bits per heavy atom. The number of methoxy groups -OCH3 is 2. The first-order chi connectivity index (χ1) is 15.3. The predicted molar refractivity (Wildman–Crippen MR) is 122 cm³/mol. The van der Waals surface area contributed by atoms with Crippen molar-refractivity contribution < 1.29 is 23.7 Å². The predicted octanol–water partition coefficient (Wildman–Crippen LogP) is 4.94. The van der Waals surface area contributed by atoms with Gasteiger partial charge < -0.3 is 24.7 Å². The van der Waals surface area contributed by atoms with Gasteiger partial charge in [-0.2, -0.15) is 5.26 Å². The van der Waals surface area contributed by atoms with Crippen molar-refractivity contribution >= 4 is 33.5 Å². The van der Waals surface area contributed by atoms with E-state index in [4.69, 9.17) is 36.3 Å². The average molecular weight is 520 g/mol. The maximum Gasteiger partial charge on any atom is 0.338 e. The van der Waals surface area contributed by atoms with Crippen LogP contribution in [0, 0.1) is 11.3 Å². The zero-order valence-corrected chi connectivity index (χ0v) is 19.9. The largest absolute Gasteiger partial charge is 0.496 e. The van der Waals surface area contributed by atoms with Gasteiger partial charge in [0.15, 0.2) is 0 Å². The van der Waals surface area contributed by atoms with Crippen LogP contribution in [-0.2, 0) is 20.9 Å². The monoisotopic (exact) mass is 518 g/mol. The summed E-state index contributed by atoms with van der Waals surface area (Å²) in [4.78, 5) is 12.5. The minimum atomic E-state index is -0.756. The van der Waals surface area contributed by atoms with Crippen LogP contribution in [0.2, 0.25) is 5.02 Å². The molecule has 1 aliphatic heterocycles. The summed E-state index contributed by atoms with van der Waals surface area (Å²) >= 11 is 9.42. The van der Waals surface area contributed by atoms with Crippen molar-refractivity contribution in [3.05, 3.63) is 79.8 Å². The number of hydrogen-bond donors (Lipinski definition) is 1. The molecule has 166 valence electrons. The van der Waals surface area contributed by atoms with Crippen molar-refractivity contribution in [3.63, 3.8) is 0 Å². The Bertz CT molecular complexity index is 1170. The summed E-state index contributed by atoms with van der Waals surface area (Å²) in [6, 6.07) is 12.6. The number of hydrogen-bond acceptors (Lipinski definition) is 7. The lowest BCUT2D eigenvalue weighted by molar-refractivity contribution is -0.136. The molecule has 9 heteroatoms. The van der Waals surface area contributed by atoms with Crippen molar-refractivity contribution in [2.24, 2.45) is 5.73 Å². The summed E-state index contributed by atoms with van der Waals surface area (Å²) in [5.41, 5.74) is 7.62. The smallest absolute Gasteiger partial charge is 0.338 e. The summed E-state index contributed by atoms with van der Waals surface area (Å²) in [6.45, 7) is 1.77. The standard InChI is InChI=1S/C23H20BrClN2O5/c1-12-20(23(28)30-3)21(16(10-26)22(27)32-12)13-4-6-18(29-2)14(8-13)11-31-19-7-5-15(25)9-17(19)24/h4-9,21H,11,27H2,1-3H3/t21-/m0/s1. The lowest BCUT2D eigenvalue weighted by Crippen LogP contribution is -2.25. The highest BCUT2D eigenvalue weighted by Gasteiger charge is 2.36. The zero-order valence-electron chi connectivity index (χ0n) is 17.6. The highest BCUT2D eigenvalue weighted by molar-refractivity contribution is 9.10. The van der Waals surface area contributed by atoms with Gasteiger partial charge in [-0.25, -0.2) is 4.79 Å². The SMILES string of the molecule is COC(=O)C1=C(C)OC(N)=C(C#N)[C@@H]1c1ccc(OC)c(COc2ccc(Cl)cc2Br)c1. The molecule has 0 amide bonds. The third-order valence-electron chi connectivity index (χ3n) is 4.93. The summed E-state index contributed by atoms with van der Waals surface area (Å²) in [5, 5.41) is 10.3. The fourth-order valence-corrected chi connectivity index (χ4v) is 4.23. The van der Waals surface area contributed by atoms with Crippen molar-refractivity contribution in [1.82, 2.24) is 0 Å². The fourth-order valence-electron chi connectivity index (χ4n) is 3.43. The van der Waals surface area contributed by atoms with E-state index in [1.807, 2.05) is 0 Å². The van der Waals surface area contributed by atoms with E-state index in [0.29, 0.717) is 32.1 Å². The molecule has 7 nitrogen and oxygen atoms in total. The molecule has 0 spiro atoms. The number of rotatable bonds is 6. The number of esters is 1. The number of halogens is 2. The second-order valence-corrected chi connectivity index (χ2v) is 8.11. The van der Waals surface area contributed by atoms with Gasteiger partial charge in [0.2, 0.25) is 5.88 Å². The topological polar surface area (TPSA) is 104 Å². The molecule has 2 aromatic carbocycles. The van der Waals surface area contributed by atoms with E-state index < -0.39 is 11.9 Å². The molecule has 3 rings (SSSR count). The van der Waals surface area contributed by atoms with Crippen LogP contribution in [0.4, 0.5) is 0 Å². The van der Waals surface area contributed by atoms with Gasteiger partial charge in [-0.3, -0.25) is 0 Å². The van der Waals surface area contributed by atoms with Crippen LogP contribution in [-0.4, -0.2) is 20.2 Å². The molecule has 32 heavy (non-hydrogen) atoms. The Balaban J connectivity index is 2.04. The van der Waals surface area contributed by atoms with Gasteiger partial charge >= 0.3 is 5.97 Å². The van der Waals surface area contributed by atoms with E-state index in [1.165, 1.54) is 7.11 Å². The minimum absolute atomic E-state index is 0.0543. The molecular weight excluding hydrogens is 500 g/mol. The molecule has 1 atom stereocenters. The molecule has 0 unspecified atom stereocenters. The molecule has 0 saturated heterocycles. The first-order valence-electron chi connectivity index (χ1n) is 9.42. The van der Waals surface area contributed by atoms with E-state index in [1.54, 1.807) is 50.4 Å². The lowest BCUT2D eigenvalue weighted by atomic mass is 9.82. The molecule has 1 aliphatic rings. The summed E-state index contributed by atoms with van der Waals surface area (Å²) in [5.74, 6) is 0.0421. The number of ether oxygens (including phenoxy) is 4. The van der Waals surface area contributed by atoms with Crippen LogP contribution in [0.5, 0.6) is 11.5 Å². The molecule has 0 radical (unpaired) electrons. The molecule has 1 heterocycles. The average Bonchev–Trinajstić information content (AvgIpc) is 2.77. The Labute approximate surface area is 199 Å². The Kier molecular flexibility index (Phi) is 7.33. The van der Waals surface area contributed by atoms with Gasteiger partial charge in [0, 0.05) is 10.6 Å². The lowest BCUT2D eigenvalue weighted by Gasteiger charge is -2.27. The van der Waals surface area contributed by atoms with Crippen LogP contribution in [0.3, 0.4) is 0 Å². The van der Waals surface area contributed by atoms with E-state index in [0.717, 1.165) is 0 Å². The molecule has 0 aromatic heterocycles. The van der Waals surface area contributed by atoms with Crippen LogP contribution in [0.1, 0.15) is 24.0 Å². The number of nitriles is 1. The molecule has 0 saturated carbocycles. The molecular formula is C23H20BrClN2O5. The van der Waals surface area contributed by atoms with Gasteiger partial charge in [-0.05, 0) is 58.7 Å². The van der Waals surface area contributed by atoms with Gasteiger partial charge in [0.05, 0.1) is 30.2 Å². The van der Waals surface area contributed by atoms with E-state index >= 15 is 0 Å². The van der Waals surface area contributed by atoms with Crippen LogP contribution in [0.15, 0.2) is 63.7 Å². The molecule has 0 aliphatic carbocycles. The summed E-state index contributed by atoms with van der Waals surface area (Å²) in [7, 11) is 2.82. The van der Waals surface area contributed by atoms with Gasteiger partial charge in [-0.1, -0.05) is 17.7 Å². The van der Waals surface area contributed by atoms with Crippen molar-refractivity contribution in [2.45, 2.75) is 19.4 Å². The van der Waals surface area contributed by atoms with E-state index in [2.05, 4.69) is 22.0 Å². The van der Waals surface area contributed by atoms with Gasteiger partial charge in [0.25, 0.3) is 0 Å². The zero-order chi connectivity index (χ0) is 23.4. The van der Waals surface area contributed by atoms with Crippen molar-refractivity contribution in [3.8, 4) is 17.6 Å². The van der Waals surface area contributed by atoms with E-state index in [9.17, 15) is 10.1 Å². The van der Waals surface area contributed by atoms with Crippen LogP contribution < -0.4 is 15.2 Å². The molecule has 0 bridgehead atoms. The summed E-state index contributed by atoms with van der Waals surface area (Å²) < 4.78 is 22.5. The maximum atomic E-state index is 12.5. The highest BCUT2D eigenvalue weighted by Crippen LogP contribution is 2.41. The Morgan fingerprint density at radius 1 is 1.25 bits per heavy atom. The number of nitrogens with two attached hydrogens (primary N) is 1. The van der Waals surface area contributed by atoms with Crippen molar-refractivity contribution in [1.29, 1.82) is 5.26 Å². The quantitative estimate of drug-likeness (QED) is 0.539. The second-order valence-electron chi connectivity index (χ2n) is 6.82. The Hall–Kier alpha value is -3.15. The molecule has 0 fully saturated rings. The van der Waals surface area contributed by atoms with Gasteiger partial charge in [-0.15, -0.1) is 0 Å².